The molecule has 1 saturated heterocycles. The molecule has 26 heavy (non-hydrogen) atoms. The first-order valence-electron chi connectivity index (χ1n) is 7.43. The predicted molar refractivity (Wildman–Crippen MR) is 81.9 cm³/mol. The smallest absolute Gasteiger partial charge is 0.382 e. The molecule has 1 aliphatic rings. The van der Waals surface area contributed by atoms with Crippen LogP contribution in [0.15, 0.2) is 21.3 Å². The highest BCUT2D eigenvalue weighted by atomic mass is 16.7. The number of rotatable bonds is 3. The normalized spacial score (nSPS) is 29.0. The highest BCUT2D eigenvalue weighted by molar-refractivity contribution is 5.91. The van der Waals surface area contributed by atoms with E-state index in [-0.39, 0.29) is 16.7 Å². The van der Waals surface area contributed by atoms with Crippen molar-refractivity contribution in [1.82, 2.24) is 0 Å². The molecule has 7 N–H and O–H groups in total. The van der Waals surface area contributed by atoms with Gasteiger partial charge in [0, 0.05) is 12.1 Å². The Morgan fingerprint density at radius 1 is 1.00 bits per heavy atom. The van der Waals surface area contributed by atoms with Crippen molar-refractivity contribution < 1.29 is 49.6 Å². The van der Waals surface area contributed by atoms with E-state index in [1.54, 1.807) is 0 Å². The van der Waals surface area contributed by atoms with Gasteiger partial charge in [-0.2, -0.15) is 0 Å². The second-order valence-corrected chi connectivity index (χ2v) is 5.72. The molecule has 11 nitrogen and oxygen atoms in total. The third kappa shape index (κ3) is 2.91. The van der Waals surface area contributed by atoms with Gasteiger partial charge < -0.3 is 49.6 Å². The number of phenolic OH excluding ortho intramolecular Hbond substituents is 1. The van der Waals surface area contributed by atoms with Crippen LogP contribution in [0.2, 0.25) is 0 Å². The Bertz CT molecular complexity index is 874. The zero-order valence-electron chi connectivity index (χ0n) is 13.0. The van der Waals surface area contributed by atoms with Crippen LogP contribution < -0.4 is 10.4 Å². The number of hydrogen-bond donors (Lipinski definition) is 7. The van der Waals surface area contributed by atoms with Crippen molar-refractivity contribution in [2.75, 3.05) is 6.61 Å². The minimum absolute atomic E-state index is 0.187. The molecule has 1 aliphatic heterocycles. The molecule has 1 aromatic carbocycles. The van der Waals surface area contributed by atoms with Crippen LogP contribution in [0.5, 0.6) is 23.0 Å². The SMILES string of the molecule is O=c1oc2cc(O[C@H]3O[C@H](CO)[C@@H](O)[C@H](O)[C@H]3O)cc(O)c2c(O)c1O. The van der Waals surface area contributed by atoms with Crippen molar-refractivity contribution in [3.63, 3.8) is 0 Å². The highest BCUT2D eigenvalue weighted by Gasteiger charge is 2.44. The van der Waals surface area contributed by atoms with Gasteiger partial charge in [0.25, 0.3) is 0 Å². The summed E-state index contributed by atoms with van der Waals surface area (Å²) in [7, 11) is 0. The lowest BCUT2D eigenvalue weighted by Crippen LogP contribution is -2.60. The number of hydrogen-bond acceptors (Lipinski definition) is 11. The number of ether oxygens (including phenoxy) is 2. The number of benzene rings is 1. The number of aliphatic hydroxyl groups is 4. The van der Waals surface area contributed by atoms with Crippen LogP contribution in [0.3, 0.4) is 0 Å². The van der Waals surface area contributed by atoms with Gasteiger partial charge in [0.15, 0.2) is 5.75 Å². The van der Waals surface area contributed by atoms with Crippen LogP contribution in [0, 0.1) is 0 Å². The van der Waals surface area contributed by atoms with Crippen molar-refractivity contribution in [1.29, 1.82) is 0 Å². The Morgan fingerprint density at radius 2 is 1.69 bits per heavy atom. The van der Waals surface area contributed by atoms with E-state index in [1.807, 2.05) is 0 Å². The van der Waals surface area contributed by atoms with E-state index < -0.39 is 60.2 Å². The molecule has 1 fully saturated rings. The van der Waals surface area contributed by atoms with Crippen LogP contribution in [-0.2, 0) is 4.74 Å². The summed E-state index contributed by atoms with van der Waals surface area (Å²) in [6, 6.07) is 2.04. The number of aliphatic hydroxyl groups excluding tert-OH is 4. The molecule has 0 spiro atoms. The summed E-state index contributed by atoms with van der Waals surface area (Å²) < 4.78 is 15.2. The molecular formula is C15H16O11. The van der Waals surface area contributed by atoms with Gasteiger partial charge in [0.05, 0.1) is 6.61 Å². The number of aromatic hydroxyl groups is 3. The first-order chi connectivity index (χ1) is 12.2. The lowest BCUT2D eigenvalue weighted by atomic mass is 9.99. The van der Waals surface area contributed by atoms with Gasteiger partial charge in [-0.1, -0.05) is 0 Å². The minimum atomic E-state index is -1.69. The quantitative estimate of drug-likeness (QED) is 0.297. The summed E-state index contributed by atoms with van der Waals surface area (Å²) in [4.78, 5) is 11.4. The maximum Gasteiger partial charge on any atom is 0.382 e. The average Bonchev–Trinajstić information content (AvgIpc) is 2.59. The van der Waals surface area contributed by atoms with Crippen LogP contribution in [-0.4, -0.2) is 73.1 Å². The molecule has 3 rings (SSSR count). The Kier molecular flexibility index (Phi) is 4.64. The van der Waals surface area contributed by atoms with E-state index >= 15 is 0 Å². The van der Waals surface area contributed by atoms with E-state index in [9.17, 15) is 35.4 Å². The van der Waals surface area contributed by atoms with Crippen LogP contribution >= 0.6 is 0 Å². The summed E-state index contributed by atoms with van der Waals surface area (Å²) in [5.74, 6) is -2.75. The first kappa shape index (κ1) is 18.2. The van der Waals surface area contributed by atoms with Crippen molar-refractivity contribution in [2.24, 2.45) is 0 Å². The standard InChI is InChI=1S/C15H16O11/c16-3-7-9(18)11(20)13(22)15(26-7)24-4-1-5(17)8-6(2-4)25-14(23)12(21)10(8)19/h1-2,7,9,11,13,15-22H,3H2/t7-,9-,11+,13-,15+/m1/s1. The molecule has 142 valence electrons. The molecule has 5 atom stereocenters. The first-order valence-corrected chi connectivity index (χ1v) is 7.43. The second kappa shape index (κ2) is 6.63. The van der Waals surface area contributed by atoms with Gasteiger partial charge in [-0.15, -0.1) is 0 Å². The molecule has 0 aliphatic carbocycles. The minimum Gasteiger partial charge on any atom is -0.507 e. The van der Waals surface area contributed by atoms with Gasteiger partial charge in [-0.3, -0.25) is 0 Å². The summed E-state index contributed by atoms with van der Waals surface area (Å²) in [6.07, 6.45) is -7.66. The largest absolute Gasteiger partial charge is 0.507 e. The molecule has 2 aromatic rings. The fourth-order valence-electron chi connectivity index (χ4n) is 2.62. The molecule has 0 unspecified atom stereocenters. The van der Waals surface area contributed by atoms with Gasteiger partial charge in [-0.25, -0.2) is 4.79 Å². The topological polar surface area (TPSA) is 190 Å². The van der Waals surface area contributed by atoms with E-state index in [1.165, 1.54) is 0 Å². The Balaban J connectivity index is 1.96. The van der Waals surface area contributed by atoms with Crippen LogP contribution in [0.25, 0.3) is 11.0 Å². The third-order valence-corrected chi connectivity index (χ3v) is 4.01. The third-order valence-electron chi connectivity index (χ3n) is 4.01. The van der Waals surface area contributed by atoms with Gasteiger partial charge >= 0.3 is 5.63 Å². The Hall–Kier alpha value is -2.57. The lowest BCUT2D eigenvalue weighted by molar-refractivity contribution is -0.277. The summed E-state index contributed by atoms with van der Waals surface area (Å²) in [5, 5.41) is 67.3. The van der Waals surface area contributed by atoms with Crippen LogP contribution in [0.1, 0.15) is 0 Å². The molecule has 0 bridgehead atoms. The molecule has 2 heterocycles. The van der Waals surface area contributed by atoms with E-state index in [4.69, 9.17) is 19.0 Å². The summed E-state index contributed by atoms with van der Waals surface area (Å²) >= 11 is 0. The monoisotopic (exact) mass is 372 g/mol. The van der Waals surface area contributed by atoms with Gasteiger partial charge in [0.2, 0.25) is 12.0 Å². The molecule has 1 aromatic heterocycles. The van der Waals surface area contributed by atoms with Crippen LogP contribution in [0.4, 0.5) is 0 Å². The fourth-order valence-corrected chi connectivity index (χ4v) is 2.62. The van der Waals surface area contributed by atoms with E-state index in [0.717, 1.165) is 12.1 Å². The predicted octanol–water partition coefficient (Wildman–Crippen LogP) is -1.91. The van der Waals surface area contributed by atoms with Crippen molar-refractivity contribution >= 4 is 11.0 Å². The number of phenols is 1. The van der Waals surface area contributed by atoms with E-state index in [2.05, 4.69) is 0 Å². The maximum absolute atomic E-state index is 11.4. The van der Waals surface area contributed by atoms with Crippen molar-refractivity contribution in [2.45, 2.75) is 30.7 Å². The Labute approximate surface area is 144 Å². The van der Waals surface area contributed by atoms with Gasteiger partial charge in [-0.05, 0) is 0 Å². The van der Waals surface area contributed by atoms with E-state index in [0.29, 0.717) is 0 Å². The molecule has 0 amide bonds. The molecule has 0 saturated carbocycles. The highest BCUT2D eigenvalue weighted by Crippen LogP contribution is 2.39. The molecule has 0 radical (unpaired) electrons. The summed E-state index contributed by atoms with van der Waals surface area (Å²) in [5.41, 5.74) is -1.58. The zero-order valence-corrected chi connectivity index (χ0v) is 13.0. The lowest BCUT2D eigenvalue weighted by Gasteiger charge is -2.39. The number of fused-ring (bicyclic) bond motifs is 1. The zero-order chi connectivity index (χ0) is 19.2. The van der Waals surface area contributed by atoms with Crippen molar-refractivity contribution in [3.05, 3.63) is 22.6 Å². The fraction of sp³-hybridized carbons (Fsp3) is 0.400. The Morgan fingerprint density at radius 3 is 2.35 bits per heavy atom. The van der Waals surface area contributed by atoms with Gasteiger partial charge in [0.1, 0.15) is 46.9 Å². The molecule has 11 heteroatoms. The summed E-state index contributed by atoms with van der Waals surface area (Å²) in [6.45, 7) is -0.657. The average molecular weight is 372 g/mol. The maximum atomic E-state index is 11.4. The molecular weight excluding hydrogens is 356 g/mol. The van der Waals surface area contributed by atoms with Crippen molar-refractivity contribution in [3.8, 4) is 23.0 Å². The second-order valence-electron chi connectivity index (χ2n) is 5.72.